The molecule has 0 aliphatic rings. The SMILES string of the molecule is CC(CNCc1ccco1)OCc1ccccc1Br. The lowest BCUT2D eigenvalue weighted by molar-refractivity contribution is 0.0524. The van der Waals surface area contributed by atoms with E-state index in [1.165, 1.54) is 5.56 Å². The summed E-state index contributed by atoms with van der Waals surface area (Å²) in [5.74, 6) is 0.943. The molecule has 1 unspecified atom stereocenters. The number of ether oxygens (including phenoxy) is 1. The van der Waals surface area contributed by atoms with Crippen molar-refractivity contribution < 1.29 is 9.15 Å². The first kappa shape index (κ1) is 14.3. The Bertz CT molecular complexity index is 485. The molecule has 0 spiro atoms. The van der Waals surface area contributed by atoms with Gasteiger partial charge in [-0.25, -0.2) is 0 Å². The summed E-state index contributed by atoms with van der Waals surface area (Å²) in [7, 11) is 0. The highest BCUT2D eigenvalue weighted by molar-refractivity contribution is 9.10. The van der Waals surface area contributed by atoms with Gasteiger partial charge < -0.3 is 14.5 Å². The molecular weight excluding hydrogens is 306 g/mol. The molecule has 102 valence electrons. The van der Waals surface area contributed by atoms with Gasteiger partial charge in [0.25, 0.3) is 0 Å². The van der Waals surface area contributed by atoms with Gasteiger partial charge >= 0.3 is 0 Å². The molecule has 1 aromatic carbocycles. The normalized spacial score (nSPS) is 12.5. The third kappa shape index (κ3) is 4.82. The third-order valence-corrected chi connectivity index (χ3v) is 3.57. The van der Waals surface area contributed by atoms with E-state index in [0.29, 0.717) is 6.61 Å². The number of nitrogens with one attached hydrogen (secondary N) is 1. The second kappa shape index (κ2) is 7.48. The first-order valence-corrected chi connectivity index (χ1v) is 7.13. The van der Waals surface area contributed by atoms with Crippen LogP contribution in [0.15, 0.2) is 51.6 Å². The largest absolute Gasteiger partial charge is 0.468 e. The molecular formula is C15H18BrNO2. The molecule has 0 radical (unpaired) electrons. The van der Waals surface area contributed by atoms with Crippen LogP contribution in [0.2, 0.25) is 0 Å². The van der Waals surface area contributed by atoms with Crippen LogP contribution in [-0.4, -0.2) is 12.6 Å². The fraction of sp³-hybridized carbons (Fsp3) is 0.333. The predicted octanol–water partition coefficient (Wildman–Crippen LogP) is 3.74. The molecule has 1 atom stereocenters. The maximum absolute atomic E-state index is 5.81. The zero-order valence-corrected chi connectivity index (χ0v) is 12.5. The van der Waals surface area contributed by atoms with Crippen LogP contribution in [0.4, 0.5) is 0 Å². The second-order valence-corrected chi connectivity index (χ2v) is 5.28. The van der Waals surface area contributed by atoms with E-state index in [0.717, 1.165) is 23.3 Å². The number of halogens is 1. The Balaban J connectivity index is 1.67. The average Bonchev–Trinajstić information content (AvgIpc) is 2.91. The smallest absolute Gasteiger partial charge is 0.117 e. The van der Waals surface area contributed by atoms with E-state index < -0.39 is 0 Å². The standard InChI is InChI=1S/C15H18BrNO2/c1-12(9-17-10-14-6-4-8-18-14)19-11-13-5-2-3-7-15(13)16/h2-8,12,17H,9-11H2,1H3. The summed E-state index contributed by atoms with van der Waals surface area (Å²) in [6.07, 6.45) is 1.84. The molecule has 0 fully saturated rings. The van der Waals surface area contributed by atoms with Crippen LogP contribution in [0.1, 0.15) is 18.2 Å². The lowest BCUT2D eigenvalue weighted by Gasteiger charge is -2.14. The molecule has 0 aliphatic heterocycles. The van der Waals surface area contributed by atoms with Gasteiger partial charge in [-0.1, -0.05) is 34.1 Å². The summed E-state index contributed by atoms with van der Waals surface area (Å²) in [4.78, 5) is 0. The highest BCUT2D eigenvalue weighted by atomic mass is 79.9. The molecule has 1 N–H and O–H groups in total. The fourth-order valence-electron chi connectivity index (χ4n) is 1.72. The van der Waals surface area contributed by atoms with Crippen LogP contribution < -0.4 is 5.32 Å². The first-order valence-electron chi connectivity index (χ1n) is 6.34. The predicted molar refractivity (Wildman–Crippen MR) is 78.8 cm³/mol. The van der Waals surface area contributed by atoms with Gasteiger partial charge in [0.1, 0.15) is 5.76 Å². The van der Waals surface area contributed by atoms with E-state index in [9.17, 15) is 0 Å². The Kier molecular flexibility index (Phi) is 5.63. The van der Waals surface area contributed by atoms with Gasteiger partial charge in [-0.15, -0.1) is 0 Å². The quantitative estimate of drug-likeness (QED) is 0.842. The molecule has 0 aliphatic carbocycles. The molecule has 0 saturated carbocycles. The van der Waals surface area contributed by atoms with Crippen LogP contribution in [0.25, 0.3) is 0 Å². The van der Waals surface area contributed by atoms with Crippen molar-refractivity contribution in [3.8, 4) is 0 Å². The zero-order chi connectivity index (χ0) is 13.5. The Morgan fingerprint density at radius 2 is 2.11 bits per heavy atom. The minimum atomic E-state index is 0.155. The molecule has 3 nitrogen and oxygen atoms in total. The Morgan fingerprint density at radius 1 is 1.26 bits per heavy atom. The van der Waals surface area contributed by atoms with Crippen molar-refractivity contribution in [1.82, 2.24) is 5.32 Å². The Hall–Kier alpha value is -1.10. The highest BCUT2D eigenvalue weighted by Crippen LogP contribution is 2.17. The molecule has 0 amide bonds. The summed E-state index contributed by atoms with van der Waals surface area (Å²) in [6, 6.07) is 12.0. The molecule has 4 heteroatoms. The monoisotopic (exact) mass is 323 g/mol. The number of hydrogen-bond donors (Lipinski definition) is 1. The van der Waals surface area contributed by atoms with Crippen LogP contribution >= 0.6 is 15.9 Å². The topological polar surface area (TPSA) is 34.4 Å². The maximum atomic E-state index is 5.81. The van der Waals surface area contributed by atoms with Gasteiger partial charge in [-0.05, 0) is 30.7 Å². The number of hydrogen-bond acceptors (Lipinski definition) is 3. The van der Waals surface area contributed by atoms with Crippen molar-refractivity contribution in [3.05, 3.63) is 58.5 Å². The fourth-order valence-corrected chi connectivity index (χ4v) is 2.12. The minimum Gasteiger partial charge on any atom is -0.468 e. The molecule has 0 bridgehead atoms. The molecule has 19 heavy (non-hydrogen) atoms. The van der Waals surface area contributed by atoms with Crippen LogP contribution in [0.3, 0.4) is 0 Å². The molecule has 2 aromatic rings. The summed E-state index contributed by atoms with van der Waals surface area (Å²) in [5, 5.41) is 3.31. The van der Waals surface area contributed by atoms with E-state index >= 15 is 0 Å². The lowest BCUT2D eigenvalue weighted by Crippen LogP contribution is -2.26. The second-order valence-electron chi connectivity index (χ2n) is 4.42. The minimum absolute atomic E-state index is 0.155. The lowest BCUT2D eigenvalue weighted by atomic mass is 10.2. The van der Waals surface area contributed by atoms with Crippen molar-refractivity contribution in [1.29, 1.82) is 0 Å². The van der Waals surface area contributed by atoms with Crippen molar-refractivity contribution in [2.24, 2.45) is 0 Å². The molecule has 0 saturated heterocycles. The van der Waals surface area contributed by atoms with Crippen molar-refractivity contribution in [2.45, 2.75) is 26.2 Å². The molecule has 1 aromatic heterocycles. The summed E-state index contributed by atoms with van der Waals surface area (Å²) < 4.78 is 12.1. The first-order chi connectivity index (χ1) is 9.25. The highest BCUT2D eigenvalue weighted by Gasteiger charge is 2.05. The zero-order valence-electron chi connectivity index (χ0n) is 10.9. The van der Waals surface area contributed by atoms with Gasteiger partial charge in [-0.2, -0.15) is 0 Å². The van der Waals surface area contributed by atoms with Crippen molar-refractivity contribution in [2.75, 3.05) is 6.54 Å². The number of rotatable bonds is 7. The Morgan fingerprint density at radius 3 is 2.84 bits per heavy atom. The van der Waals surface area contributed by atoms with Gasteiger partial charge in [0.15, 0.2) is 0 Å². The van der Waals surface area contributed by atoms with E-state index in [1.54, 1.807) is 6.26 Å². The van der Waals surface area contributed by atoms with Crippen LogP contribution in [0.5, 0.6) is 0 Å². The third-order valence-electron chi connectivity index (χ3n) is 2.79. The maximum Gasteiger partial charge on any atom is 0.117 e. The molecule has 1 heterocycles. The van der Waals surface area contributed by atoms with Gasteiger partial charge in [-0.3, -0.25) is 0 Å². The van der Waals surface area contributed by atoms with E-state index in [-0.39, 0.29) is 6.10 Å². The van der Waals surface area contributed by atoms with E-state index in [2.05, 4.69) is 34.2 Å². The van der Waals surface area contributed by atoms with E-state index in [4.69, 9.17) is 9.15 Å². The van der Waals surface area contributed by atoms with Gasteiger partial charge in [0.05, 0.1) is 25.5 Å². The van der Waals surface area contributed by atoms with E-state index in [1.807, 2.05) is 30.3 Å². The Labute approximate surface area is 122 Å². The van der Waals surface area contributed by atoms with Crippen LogP contribution in [0, 0.1) is 0 Å². The summed E-state index contributed by atoms with van der Waals surface area (Å²) in [6.45, 7) is 4.21. The van der Waals surface area contributed by atoms with Gasteiger partial charge in [0.2, 0.25) is 0 Å². The van der Waals surface area contributed by atoms with Gasteiger partial charge in [0, 0.05) is 11.0 Å². The average molecular weight is 324 g/mol. The molecule has 2 rings (SSSR count). The van der Waals surface area contributed by atoms with Crippen LogP contribution in [-0.2, 0) is 17.9 Å². The summed E-state index contributed by atoms with van der Waals surface area (Å²) >= 11 is 3.52. The number of furan rings is 1. The van der Waals surface area contributed by atoms with Crippen molar-refractivity contribution in [3.63, 3.8) is 0 Å². The van der Waals surface area contributed by atoms with Crippen molar-refractivity contribution >= 4 is 15.9 Å². The summed E-state index contributed by atoms with van der Waals surface area (Å²) in [5.41, 5.74) is 1.17. The number of benzene rings is 1.